The molecule has 0 fully saturated rings. The van der Waals surface area contributed by atoms with Crippen molar-refractivity contribution in [2.75, 3.05) is 27.2 Å². The third kappa shape index (κ3) is 3.47. The van der Waals surface area contributed by atoms with Crippen molar-refractivity contribution in [1.29, 1.82) is 0 Å². The van der Waals surface area contributed by atoms with Crippen LogP contribution in [-0.2, 0) is 6.42 Å². The Morgan fingerprint density at radius 3 is 2.89 bits per heavy atom. The van der Waals surface area contributed by atoms with E-state index in [0.717, 1.165) is 55.9 Å². The second-order valence-corrected chi connectivity index (χ2v) is 5.19. The van der Waals surface area contributed by atoms with Crippen LogP contribution in [0.4, 0.5) is 0 Å². The lowest BCUT2D eigenvalue weighted by Gasteiger charge is -2.20. The molecule has 1 aromatic carbocycles. The van der Waals surface area contributed by atoms with E-state index in [1.54, 1.807) is 0 Å². The van der Waals surface area contributed by atoms with E-state index in [0.29, 0.717) is 0 Å². The third-order valence-corrected chi connectivity index (χ3v) is 3.41. The molecule has 0 saturated carbocycles. The van der Waals surface area contributed by atoms with Gasteiger partial charge >= 0.3 is 0 Å². The molecule has 1 aromatic rings. The number of rotatable bonds is 5. The summed E-state index contributed by atoms with van der Waals surface area (Å²) >= 11 is 0. The Labute approximate surface area is 114 Å². The van der Waals surface area contributed by atoms with Crippen molar-refractivity contribution in [2.24, 2.45) is 5.16 Å². The fourth-order valence-electron chi connectivity index (χ4n) is 2.46. The van der Waals surface area contributed by atoms with Gasteiger partial charge in [0.05, 0.1) is 12.3 Å². The van der Waals surface area contributed by atoms with Crippen LogP contribution in [0.3, 0.4) is 0 Å². The third-order valence-electron chi connectivity index (χ3n) is 3.41. The molecule has 1 aliphatic rings. The lowest BCUT2D eigenvalue weighted by molar-refractivity contribution is 0.279. The average Bonchev–Trinajstić information content (AvgIpc) is 2.42. The SMILES string of the molecule is CN(C)CCCOc1cccc2c1CCC/C2=N\O. The number of ether oxygens (including phenoxy) is 1. The summed E-state index contributed by atoms with van der Waals surface area (Å²) in [4.78, 5) is 2.15. The van der Waals surface area contributed by atoms with Gasteiger partial charge in [-0.05, 0) is 45.8 Å². The number of benzene rings is 1. The molecule has 1 aliphatic carbocycles. The van der Waals surface area contributed by atoms with Crippen molar-refractivity contribution in [1.82, 2.24) is 4.90 Å². The molecule has 0 aromatic heterocycles. The van der Waals surface area contributed by atoms with Crippen LogP contribution < -0.4 is 4.74 Å². The largest absolute Gasteiger partial charge is 0.493 e. The summed E-state index contributed by atoms with van der Waals surface area (Å²) in [5.74, 6) is 0.942. The maximum Gasteiger partial charge on any atom is 0.123 e. The first-order valence-electron chi connectivity index (χ1n) is 6.83. The standard InChI is InChI=1S/C15H22N2O2/c1-17(2)10-5-11-19-15-9-4-6-12-13(15)7-3-8-14(12)16-18/h4,6,9,18H,3,5,7-8,10-11H2,1-2H3/b16-14+. The predicted octanol–water partition coefficient (Wildman–Crippen LogP) is 2.53. The number of hydrogen-bond acceptors (Lipinski definition) is 4. The van der Waals surface area contributed by atoms with Crippen molar-refractivity contribution >= 4 is 5.71 Å². The Bertz CT molecular complexity index is 455. The fourth-order valence-corrected chi connectivity index (χ4v) is 2.46. The average molecular weight is 262 g/mol. The second-order valence-electron chi connectivity index (χ2n) is 5.19. The zero-order valence-electron chi connectivity index (χ0n) is 11.7. The van der Waals surface area contributed by atoms with Crippen LogP contribution in [0, 0.1) is 0 Å². The van der Waals surface area contributed by atoms with Gasteiger partial charge in [-0.15, -0.1) is 0 Å². The van der Waals surface area contributed by atoms with Crippen LogP contribution in [0.15, 0.2) is 23.4 Å². The molecule has 4 heteroatoms. The second kappa shape index (κ2) is 6.57. The topological polar surface area (TPSA) is 45.1 Å². The Kier molecular flexibility index (Phi) is 4.80. The van der Waals surface area contributed by atoms with Crippen molar-refractivity contribution in [3.8, 4) is 5.75 Å². The van der Waals surface area contributed by atoms with E-state index in [-0.39, 0.29) is 0 Å². The van der Waals surface area contributed by atoms with E-state index in [2.05, 4.69) is 24.2 Å². The molecule has 0 amide bonds. The minimum atomic E-state index is 0.722. The first kappa shape index (κ1) is 13.9. The van der Waals surface area contributed by atoms with Crippen LogP contribution in [0.25, 0.3) is 0 Å². The minimum Gasteiger partial charge on any atom is -0.493 e. The Morgan fingerprint density at radius 1 is 1.32 bits per heavy atom. The molecule has 2 rings (SSSR count). The molecule has 19 heavy (non-hydrogen) atoms. The first-order valence-corrected chi connectivity index (χ1v) is 6.83. The van der Waals surface area contributed by atoms with Gasteiger partial charge in [-0.2, -0.15) is 0 Å². The molecule has 0 radical (unpaired) electrons. The minimum absolute atomic E-state index is 0.722. The number of hydrogen-bond donors (Lipinski definition) is 1. The highest BCUT2D eigenvalue weighted by atomic mass is 16.5. The summed E-state index contributed by atoms with van der Waals surface area (Å²) < 4.78 is 5.88. The van der Waals surface area contributed by atoms with E-state index < -0.39 is 0 Å². The van der Waals surface area contributed by atoms with Crippen LogP contribution in [-0.4, -0.2) is 43.1 Å². The van der Waals surface area contributed by atoms with E-state index in [4.69, 9.17) is 9.94 Å². The molecule has 0 unspecified atom stereocenters. The van der Waals surface area contributed by atoms with Gasteiger partial charge in [0.2, 0.25) is 0 Å². The van der Waals surface area contributed by atoms with Gasteiger partial charge in [-0.1, -0.05) is 17.3 Å². The summed E-state index contributed by atoms with van der Waals surface area (Å²) in [6.07, 6.45) is 3.87. The smallest absolute Gasteiger partial charge is 0.123 e. The van der Waals surface area contributed by atoms with Gasteiger partial charge in [-0.25, -0.2) is 0 Å². The van der Waals surface area contributed by atoms with E-state index in [1.807, 2.05) is 18.2 Å². The lowest BCUT2D eigenvalue weighted by atomic mass is 9.89. The van der Waals surface area contributed by atoms with Gasteiger partial charge in [0.1, 0.15) is 5.75 Å². The summed E-state index contributed by atoms with van der Waals surface area (Å²) in [5.41, 5.74) is 3.00. The zero-order chi connectivity index (χ0) is 13.7. The number of nitrogens with zero attached hydrogens (tertiary/aromatic N) is 2. The molecule has 4 nitrogen and oxygen atoms in total. The Balaban J connectivity index is 2.06. The van der Waals surface area contributed by atoms with E-state index >= 15 is 0 Å². The number of oxime groups is 1. The molecular weight excluding hydrogens is 240 g/mol. The van der Waals surface area contributed by atoms with Crippen LogP contribution >= 0.6 is 0 Å². The van der Waals surface area contributed by atoms with E-state index in [9.17, 15) is 0 Å². The van der Waals surface area contributed by atoms with Crippen molar-refractivity contribution in [2.45, 2.75) is 25.7 Å². The maximum atomic E-state index is 9.05. The molecule has 0 saturated heterocycles. The summed E-state index contributed by atoms with van der Waals surface area (Å²) in [7, 11) is 4.13. The zero-order valence-corrected chi connectivity index (χ0v) is 11.7. The normalized spacial score (nSPS) is 16.7. The quantitative estimate of drug-likeness (QED) is 0.504. The van der Waals surface area contributed by atoms with Crippen LogP contribution in [0.5, 0.6) is 5.75 Å². The van der Waals surface area contributed by atoms with Crippen molar-refractivity contribution in [3.05, 3.63) is 29.3 Å². The van der Waals surface area contributed by atoms with Gasteiger partial charge in [-0.3, -0.25) is 0 Å². The van der Waals surface area contributed by atoms with Crippen LogP contribution in [0.2, 0.25) is 0 Å². The predicted molar refractivity (Wildman–Crippen MR) is 76.4 cm³/mol. The van der Waals surface area contributed by atoms with Crippen molar-refractivity contribution < 1.29 is 9.94 Å². The summed E-state index contributed by atoms with van der Waals surface area (Å²) in [6, 6.07) is 5.99. The number of fused-ring (bicyclic) bond motifs is 1. The summed E-state index contributed by atoms with van der Waals surface area (Å²) in [5, 5.41) is 12.4. The Morgan fingerprint density at radius 2 is 2.16 bits per heavy atom. The van der Waals surface area contributed by atoms with Gasteiger partial charge in [0.25, 0.3) is 0 Å². The molecule has 0 heterocycles. The Hall–Kier alpha value is -1.55. The highest BCUT2D eigenvalue weighted by molar-refractivity contribution is 6.02. The maximum absolute atomic E-state index is 9.05. The van der Waals surface area contributed by atoms with Gasteiger partial charge < -0.3 is 14.8 Å². The molecular formula is C15H22N2O2. The highest BCUT2D eigenvalue weighted by Crippen LogP contribution is 2.30. The highest BCUT2D eigenvalue weighted by Gasteiger charge is 2.19. The van der Waals surface area contributed by atoms with Gasteiger partial charge in [0.15, 0.2) is 0 Å². The molecule has 104 valence electrons. The van der Waals surface area contributed by atoms with Crippen LogP contribution in [0.1, 0.15) is 30.4 Å². The summed E-state index contributed by atoms with van der Waals surface area (Å²) in [6.45, 7) is 1.75. The molecule has 0 atom stereocenters. The van der Waals surface area contributed by atoms with E-state index in [1.165, 1.54) is 5.56 Å². The monoisotopic (exact) mass is 262 g/mol. The molecule has 0 aliphatic heterocycles. The lowest BCUT2D eigenvalue weighted by Crippen LogP contribution is -2.17. The van der Waals surface area contributed by atoms with Gasteiger partial charge in [0, 0.05) is 17.7 Å². The fraction of sp³-hybridized carbons (Fsp3) is 0.533. The van der Waals surface area contributed by atoms with Crippen molar-refractivity contribution in [3.63, 3.8) is 0 Å². The molecule has 0 bridgehead atoms. The molecule has 1 N–H and O–H groups in total. The first-order chi connectivity index (χ1) is 9.22. The molecule has 0 spiro atoms.